The van der Waals surface area contributed by atoms with E-state index in [0.717, 1.165) is 25.8 Å². The lowest BCUT2D eigenvalue weighted by molar-refractivity contribution is -0.131. The largest absolute Gasteiger partial charge is 0.386 e. The van der Waals surface area contributed by atoms with Crippen LogP contribution in [0.4, 0.5) is 4.39 Å². The van der Waals surface area contributed by atoms with E-state index in [9.17, 15) is 9.18 Å². The Balaban J connectivity index is 2.76. The zero-order valence-corrected chi connectivity index (χ0v) is 11.5. The number of rotatable bonds is 4. The van der Waals surface area contributed by atoms with E-state index in [-0.39, 0.29) is 17.8 Å². The zero-order valence-electron chi connectivity index (χ0n) is 11.5. The highest BCUT2D eigenvalue weighted by Crippen LogP contribution is 2.17. The van der Waals surface area contributed by atoms with Gasteiger partial charge in [-0.25, -0.2) is 4.39 Å². The van der Waals surface area contributed by atoms with Crippen molar-refractivity contribution >= 4 is 5.91 Å². The lowest BCUT2D eigenvalue weighted by Crippen LogP contribution is -2.37. The standard InChI is InChI=1S/C14H23FN2O/c1-4-13(16-3)12(15)10-11(2)17-9-7-5-6-8-14(17)18/h4,10-11,16H,5-9H2,1-3H3/b12-10+,13-4+. The van der Waals surface area contributed by atoms with E-state index in [1.165, 1.54) is 6.08 Å². The molecule has 18 heavy (non-hydrogen) atoms. The lowest BCUT2D eigenvalue weighted by atomic mass is 10.2. The van der Waals surface area contributed by atoms with Crippen LogP contribution in [0, 0.1) is 0 Å². The van der Waals surface area contributed by atoms with Gasteiger partial charge in [-0.15, -0.1) is 0 Å². The highest BCUT2D eigenvalue weighted by molar-refractivity contribution is 5.77. The molecule has 0 aromatic carbocycles. The zero-order chi connectivity index (χ0) is 13.5. The summed E-state index contributed by atoms with van der Waals surface area (Å²) in [5.41, 5.74) is 0.462. The molecule has 1 amide bonds. The van der Waals surface area contributed by atoms with E-state index in [2.05, 4.69) is 5.32 Å². The average Bonchev–Trinajstić information content (AvgIpc) is 2.55. The molecule has 102 valence electrons. The molecule has 1 aliphatic rings. The minimum atomic E-state index is -0.301. The van der Waals surface area contributed by atoms with Crippen LogP contribution in [0.3, 0.4) is 0 Å². The molecule has 0 aromatic heterocycles. The molecule has 1 aliphatic heterocycles. The van der Waals surface area contributed by atoms with Crippen LogP contribution in [0.2, 0.25) is 0 Å². The van der Waals surface area contributed by atoms with Gasteiger partial charge in [-0.1, -0.05) is 12.5 Å². The first-order valence-corrected chi connectivity index (χ1v) is 6.61. The molecule has 1 heterocycles. The summed E-state index contributed by atoms with van der Waals surface area (Å²) in [4.78, 5) is 13.7. The molecule has 3 nitrogen and oxygen atoms in total. The van der Waals surface area contributed by atoms with Crippen LogP contribution < -0.4 is 5.32 Å². The summed E-state index contributed by atoms with van der Waals surface area (Å²) in [5.74, 6) is -0.167. The number of nitrogens with zero attached hydrogens (tertiary/aromatic N) is 1. The second kappa shape index (κ2) is 7.19. The predicted molar refractivity (Wildman–Crippen MR) is 71.7 cm³/mol. The van der Waals surface area contributed by atoms with Gasteiger partial charge in [0.2, 0.25) is 5.91 Å². The molecule has 0 bridgehead atoms. The van der Waals surface area contributed by atoms with Crippen LogP contribution in [0.15, 0.2) is 23.7 Å². The molecular formula is C14H23FN2O. The molecule has 0 aromatic rings. The highest BCUT2D eigenvalue weighted by atomic mass is 19.1. The van der Waals surface area contributed by atoms with Gasteiger partial charge < -0.3 is 10.2 Å². The van der Waals surface area contributed by atoms with Crippen LogP contribution in [-0.2, 0) is 4.79 Å². The summed E-state index contributed by atoms with van der Waals surface area (Å²) in [7, 11) is 1.69. The van der Waals surface area contributed by atoms with Crippen molar-refractivity contribution in [3.63, 3.8) is 0 Å². The molecule has 0 radical (unpaired) electrons. The number of carbonyl (C=O) groups is 1. The number of allylic oxidation sites excluding steroid dienone is 2. The van der Waals surface area contributed by atoms with E-state index in [0.29, 0.717) is 12.1 Å². The maximum absolute atomic E-state index is 13.9. The fourth-order valence-corrected chi connectivity index (χ4v) is 2.23. The first-order valence-electron chi connectivity index (χ1n) is 6.61. The molecule has 0 aliphatic carbocycles. The second-order valence-corrected chi connectivity index (χ2v) is 4.61. The summed E-state index contributed by atoms with van der Waals surface area (Å²) in [6, 6.07) is -0.195. The smallest absolute Gasteiger partial charge is 0.223 e. The van der Waals surface area contributed by atoms with Crippen LogP contribution in [0.5, 0.6) is 0 Å². The molecule has 0 saturated carbocycles. The maximum atomic E-state index is 13.9. The summed E-state index contributed by atoms with van der Waals surface area (Å²) in [5, 5.41) is 2.80. The van der Waals surface area contributed by atoms with E-state index < -0.39 is 0 Å². The van der Waals surface area contributed by atoms with E-state index >= 15 is 0 Å². The molecular weight excluding hydrogens is 231 g/mol. The van der Waals surface area contributed by atoms with Gasteiger partial charge in [0.15, 0.2) is 0 Å². The van der Waals surface area contributed by atoms with E-state index in [1.54, 1.807) is 24.9 Å². The SMILES string of the molecule is C/C=C(NC)\C(F)=C/C(C)N1CCCCCC1=O. The summed E-state index contributed by atoms with van der Waals surface area (Å²) < 4.78 is 13.9. The van der Waals surface area contributed by atoms with Crippen molar-refractivity contribution in [2.24, 2.45) is 0 Å². The molecule has 1 fully saturated rings. The number of nitrogens with one attached hydrogen (secondary N) is 1. The van der Waals surface area contributed by atoms with Crippen LogP contribution in [0.25, 0.3) is 0 Å². The summed E-state index contributed by atoms with van der Waals surface area (Å²) >= 11 is 0. The fraction of sp³-hybridized carbons (Fsp3) is 0.643. The van der Waals surface area contributed by atoms with Crippen LogP contribution >= 0.6 is 0 Å². The van der Waals surface area contributed by atoms with Crippen LogP contribution in [0.1, 0.15) is 39.5 Å². The minimum absolute atomic E-state index is 0.135. The third-order valence-electron chi connectivity index (χ3n) is 3.30. The van der Waals surface area contributed by atoms with Crippen molar-refractivity contribution < 1.29 is 9.18 Å². The van der Waals surface area contributed by atoms with Gasteiger partial charge in [0.25, 0.3) is 0 Å². The molecule has 1 saturated heterocycles. The Labute approximate surface area is 109 Å². The number of halogens is 1. The van der Waals surface area contributed by atoms with Gasteiger partial charge in [0.05, 0.1) is 11.7 Å². The quantitative estimate of drug-likeness (QED) is 0.782. The topological polar surface area (TPSA) is 32.3 Å². The van der Waals surface area contributed by atoms with E-state index in [4.69, 9.17) is 0 Å². The number of likely N-dealkylation sites (N-methyl/N-ethyl adjacent to an activating group) is 1. The summed E-state index contributed by atoms with van der Waals surface area (Å²) in [6.07, 6.45) is 6.82. The Morgan fingerprint density at radius 2 is 2.17 bits per heavy atom. The lowest BCUT2D eigenvalue weighted by Gasteiger charge is -2.26. The Kier molecular flexibility index (Phi) is 5.89. The van der Waals surface area contributed by atoms with E-state index in [1.807, 2.05) is 6.92 Å². The third kappa shape index (κ3) is 3.86. The van der Waals surface area contributed by atoms with Crippen molar-refractivity contribution in [1.82, 2.24) is 10.2 Å². The highest BCUT2D eigenvalue weighted by Gasteiger charge is 2.21. The minimum Gasteiger partial charge on any atom is -0.386 e. The van der Waals surface area contributed by atoms with Crippen molar-refractivity contribution in [3.8, 4) is 0 Å². The average molecular weight is 254 g/mol. The van der Waals surface area contributed by atoms with Gasteiger partial charge in [0, 0.05) is 20.0 Å². The number of hydrogen-bond donors (Lipinski definition) is 1. The number of carbonyl (C=O) groups excluding carboxylic acids is 1. The van der Waals surface area contributed by atoms with Crippen molar-refractivity contribution in [3.05, 3.63) is 23.7 Å². The Morgan fingerprint density at radius 1 is 1.44 bits per heavy atom. The van der Waals surface area contributed by atoms with Crippen molar-refractivity contribution in [1.29, 1.82) is 0 Å². The Hall–Kier alpha value is -1.32. The Bertz CT molecular complexity index is 350. The molecule has 0 spiro atoms. The molecule has 1 rings (SSSR count). The molecule has 1 atom stereocenters. The fourth-order valence-electron chi connectivity index (χ4n) is 2.23. The molecule has 1 N–H and O–H groups in total. The second-order valence-electron chi connectivity index (χ2n) is 4.61. The monoisotopic (exact) mass is 254 g/mol. The van der Waals surface area contributed by atoms with Gasteiger partial charge in [0.1, 0.15) is 5.83 Å². The number of likely N-dealkylation sites (tertiary alicyclic amines) is 1. The number of hydrogen-bond acceptors (Lipinski definition) is 2. The molecule has 4 heteroatoms. The van der Waals surface area contributed by atoms with Gasteiger partial charge in [-0.05, 0) is 32.8 Å². The van der Waals surface area contributed by atoms with Gasteiger partial charge in [-0.2, -0.15) is 0 Å². The third-order valence-corrected chi connectivity index (χ3v) is 3.30. The molecule has 1 unspecified atom stereocenters. The van der Waals surface area contributed by atoms with Crippen molar-refractivity contribution in [2.45, 2.75) is 45.6 Å². The van der Waals surface area contributed by atoms with Gasteiger partial charge in [-0.3, -0.25) is 4.79 Å². The van der Waals surface area contributed by atoms with Crippen molar-refractivity contribution in [2.75, 3.05) is 13.6 Å². The predicted octanol–water partition coefficient (Wildman–Crippen LogP) is 2.75. The summed E-state index contributed by atoms with van der Waals surface area (Å²) in [6.45, 7) is 4.38. The van der Waals surface area contributed by atoms with Crippen LogP contribution in [-0.4, -0.2) is 30.4 Å². The first-order chi connectivity index (χ1) is 8.60. The first kappa shape index (κ1) is 14.7. The normalized spacial score (nSPS) is 20.7. The Morgan fingerprint density at radius 3 is 2.78 bits per heavy atom. The maximum Gasteiger partial charge on any atom is 0.223 e. The number of amides is 1. The van der Waals surface area contributed by atoms with Gasteiger partial charge >= 0.3 is 0 Å².